The van der Waals surface area contributed by atoms with Crippen LogP contribution in [-0.4, -0.2) is 12.6 Å². The molecule has 4 heteroatoms. The molecular weight excluding hydrogens is 336 g/mol. The van der Waals surface area contributed by atoms with Crippen LogP contribution in [0.25, 0.3) is 16.5 Å². The van der Waals surface area contributed by atoms with Gasteiger partial charge in [0.2, 0.25) is 0 Å². The zero-order valence-corrected chi connectivity index (χ0v) is 13.8. The second kappa shape index (κ2) is 6.86. The second-order valence-corrected chi connectivity index (χ2v) is 6.29. The van der Waals surface area contributed by atoms with E-state index in [0.717, 1.165) is 9.35 Å². The number of ether oxygens (including phenoxy) is 1. The van der Waals surface area contributed by atoms with Crippen LogP contribution in [0.2, 0.25) is 0 Å². The third-order valence-corrected chi connectivity index (χ3v) is 4.32. The average molecular weight is 351 g/mol. The summed E-state index contributed by atoms with van der Waals surface area (Å²) in [6, 6.07) is 12.3. The number of thiophene rings is 1. The minimum atomic E-state index is -0.258. The highest BCUT2D eigenvalue weighted by Crippen LogP contribution is 2.30. The van der Waals surface area contributed by atoms with Crippen LogP contribution in [0.5, 0.6) is 0 Å². The Morgan fingerprint density at radius 3 is 2.60 bits per heavy atom. The van der Waals surface area contributed by atoms with Crippen molar-refractivity contribution >= 4 is 39.3 Å². The van der Waals surface area contributed by atoms with E-state index in [4.69, 9.17) is 4.74 Å². The molecule has 1 aromatic heterocycles. The van der Waals surface area contributed by atoms with Gasteiger partial charge in [0, 0.05) is 19.8 Å². The molecule has 0 saturated carbocycles. The standard InChI is InChI=1S/C16H15BrO2S/c1-3-19-16(18)11(2)10-14-8-9-15(20-14)12-4-6-13(17)7-5-12/h4-10H,3H2,1-2H3/b11-10+. The molecule has 0 fully saturated rings. The Kier molecular flexibility index (Phi) is 5.15. The summed E-state index contributed by atoms with van der Waals surface area (Å²) in [6.07, 6.45) is 1.87. The van der Waals surface area contributed by atoms with Gasteiger partial charge in [0.15, 0.2) is 0 Å². The first kappa shape index (κ1) is 15.0. The Morgan fingerprint density at radius 1 is 1.25 bits per heavy atom. The lowest BCUT2D eigenvalue weighted by Gasteiger charge is -2.00. The summed E-state index contributed by atoms with van der Waals surface area (Å²) in [5, 5.41) is 0. The Bertz CT molecular complexity index is 626. The molecule has 2 rings (SSSR count). The van der Waals surface area contributed by atoms with Crippen molar-refractivity contribution in [3.05, 3.63) is 51.3 Å². The van der Waals surface area contributed by atoms with Crippen LogP contribution in [0.4, 0.5) is 0 Å². The van der Waals surface area contributed by atoms with Gasteiger partial charge >= 0.3 is 5.97 Å². The van der Waals surface area contributed by atoms with Crippen molar-refractivity contribution in [3.8, 4) is 10.4 Å². The Balaban J connectivity index is 2.19. The van der Waals surface area contributed by atoms with Gasteiger partial charge in [-0.15, -0.1) is 11.3 Å². The molecule has 0 radical (unpaired) electrons. The van der Waals surface area contributed by atoms with E-state index in [2.05, 4.69) is 34.1 Å². The maximum Gasteiger partial charge on any atom is 0.333 e. The maximum atomic E-state index is 11.6. The van der Waals surface area contributed by atoms with Crippen molar-refractivity contribution in [1.82, 2.24) is 0 Å². The highest BCUT2D eigenvalue weighted by atomic mass is 79.9. The number of hydrogen-bond donors (Lipinski definition) is 0. The van der Waals surface area contributed by atoms with Crippen LogP contribution in [-0.2, 0) is 9.53 Å². The molecule has 0 saturated heterocycles. The predicted molar refractivity (Wildman–Crippen MR) is 87.7 cm³/mol. The molecule has 104 valence electrons. The molecule has 0 spiro atoms. The fourth-order valence-corrected chi connectivity index (χ4v) is 3.00. The van der Waals surface area contributed by atoms with E-state index in [-0.39, 0.29) is 5.97 Å². The molecule has 2 aromatic rings. The highest BCUT2D eigenvalue weighted by molar-refractivity contribution is 9.10. The molecule has 2 nitrogen and oxygen atoms in total. The van der Waals surface area contributed by atoms with Crippen LogP contribution in [0, 0.1) is 0 Å². The van der Waals surface area contributed by atoms with Gasteiger partial charge in [0.05, 0.1) is 6.61 Å². The summed E-state index contributed by atoms with van der Waals surface area (Å²) < 4.78 is 6.04. The molecule has 0 bridgehead atoms. The molecule has 0 amide bonds. The second-order valence-electron chi connectivity index (χ2n) is 4.26. The molecule has 0 unspecified atom stereocenters. The minimum absolute atomic E-state index is 0.258. The summed E-state index contributed by atoms with van der Waals surface area (Å²) >= 11 is 5.09. The quantitative estimate of drug-likeness (QED) is 0.563. The van der Waals surface area contributed by atoms with Crippen LogP contribution < -0.4 is 0 Å². The lowest BCUT2D eigenvalue weighted by atomic mass is 10.2. The summed E-state index contributed by atoms with van der Waals surface area (Å²) in [4.78, 5) is 13.8. The van der Waals surface area contributed by atoms with Crippen LogP contribution >= 0.6 is 27.3 Å². The number of esters is 1. The third-order valence-electron chi connectivity index (χ3n) is 2.71. The largest absolute Gasteiger partial charge is 0.463 e. The van der Waals surface area contributed by atoms with Crippen LogP contribution in [0.15, 0.2) is 46.4 Å². The number of carbonyl (C=O) groups excluding carboxylic acids is 1. The predicted octanol–water partition coefficient (Wildman–Crippen LogP) is 5.14. The zero-order chi connectivity index (χ0) is 14.5. The summed E-state index contributed by atoms with van der Waals surface area (Å²) in [5.41, 5.74) is 1.79. The normalized spacial score (nSPS) is 11.4. The van der Waals surface area contributed by atoms with Gasteiger partial charge in [-0.25, -0.2) is 4.79 Å². The van der Waals surface area contributed by atoms with E-state index < -0.39 is 0 Å². The van der Waals surface area contributed by atoms with Gasteiger partial charge in [0.1, 0.15) is 0 Å². The Morgan fingerprint density at radius 2 is 1.95 bits per heavy atom. The fourth-order valence-electron chi connectivity index (χ4n) is 1.72. The van der Waals surface area contributed by atoms with Crippen molar-refractivity contribution < 1.29 is 9.53 Å². The Hall–Kier alpha value is -1.39. The van der Waals surface area contributed by atoms with E-state index in [9.17, 15) is 4.79 Å². The van der Waals surface area contributed by atoms with Crippen molar-refractivity contribution in [1.29, 1.82) is 0 Å². The van der Waals surface area contributed by atoms with Crippen LogP contribution in [0.3, 0.4) is 0 Å². The van der Waals surface area contributed by atoms with E-state index in [1.807, 2.05) is 31.2 Å². The minimum Gasteiger partial charge on any atom is -0.463 e. The molecule has 0 N–H and O–H groups in total. The lowest BCUT2D eigenvalue weighted by molar-refractivity contribution is -0.138. The molecule has 0 aliphatic heterocycles. The molecular formula is C16H15BrO2S. The molecule has 20 heavy (non-hydrogen) atoms. The first-order chi connectivity index (χ1) is 9.60. The number of halogens is 1. The van der Waals surface area contributed by atoms with Crippen molar-refractivity contribution in [2.24, 2.45) is 0 Å². The van der Waals surface area contributed by atoms with E-state index in [0.29, 0.717) is 12.2 Å². The monoisotopic (exact) mass is 350 g/mol. The number of carbonyl (C=O) groups is 1. The van der Waals surface area contributed by atoms with Gasteiger partial charge in [-0.3, -0.25) is 0 Å². The molecule has 1 aromatic carbocycles. The molecule has 0 aliphatic rings. The summed E-state index contributed by atoms with van der Waals surface area (Å²) in [7, 11) is 0. The van der Waals surface area contributed by atoms with E-state index in [1.54, 1.807) is 18.3 Å². The molecule has 0 aliphatic carbocycles. The SMILES string of the molecule is CCOC(=O)/C(C)=C/c1ccc(-c2ccc(Br)cc2)s1. The maximum absolute atomic E-state index is 11.6. The van der Waals surface area contributed by atoms with Gasteiger partial charge in [-0.2, -0.15) is 0 Å². The van der Waals surface area contributed by atoms with E-state index >= 15 is 0 Å². The van der Waals surface area contributed by atoms with Crippen LogP contribution in [0.1, 0.15) is 18.7 Å². The Labute approximate surface area is 131 Å². The lowest BCUT2D eigenvalue weighted by Crippen LogP contribution is -2.04. The molecule has 0 atom stereocenters. The summed E-state index contributed by atoms with van der Waals surface area (Å²) in [5.74, 6) is -0.258. The zero-order valence-electron chi connectivity index (χ0n) is 11.4. The van der Waals surface area contributed by atoms with Gasteiger partial charge in [0.25, 0.3) is 0 Å². The van der Waals surface area contributed by atoms with Crippen molar-refractivity contribution in [3.63, 3.8) is 0 Å². The number of rotatable bonds is 4. The van der Waals surface area contributed by atoms with Gasteiger partial charge in [-0.1, -0.05) is 28.1 Å². The highest BCUT2D eigenvalue weighted by Gasteiger charge is 2.06. The third kappa shape index (κ3) is 3.81. The first-order valence-corrected chi connectivity index (χ1v) is 7.92. The topological polar surface area (TPSA) is 26.3 Å². The fraction of sp³-hybridized carbons (Fsp3) is 0.188. The smallest absolute Gasteiger partial charge is 0.333 e. The van der Waals surface area contributed by atoms with E-state index in [1.165, 1.54) is 10.4 Å². The van der Waals surface area contributed by atoms with Crippen molar-refractivity contribution in [2.75, 3.05) is 6.61 Å². The number of hydrogen-bond acceptors (Lipinski definition) is 3. The average Bonchev–Trinajstić information content (AvgIpc) is 2.88. The van der Waals surface area contributed by atoms with Gasteiger partial charge in [-0.05, 0) is 49.8 Å². The number of benzene rings is 1. The first-order valence-electron chi connectivity index (χ1n) is 6.31. The van der Waals surface area contributed by atoms with Gasteiger partial charge < -0.3 is 4.74 Å². The van der Waals surface area contributed by atoms with Crippen molar-refractivity contribution in [2.45, 2.75) is 13.8 Å². The molecule has 1 heterocycles. The summed E-state index contributed by atoms with van der Waals surface area (Å²) in [6.45, 7) is 3.98.